The summed E-state index contributed by atoms with van der Waals surface area (Å²) in [5.41, 5.74) is 4.80. The standard InChI is InChI=1S/C15H28N2O2/c1-11(10-15(2,16)14(18)19)17-9-5-7-12-6-3-4-8-13(12)17/h11-13H,3-10,16H2,1-2H3,(H,18,19). The van der Waals surface area contributed by atoms with Crippen molar-refractivity contribution in [1.82, 2.24) is 4.90 Å². The number of nitrogens with zero attached hydrogens (tertiary/aromatic N) is 1. The highest BCUT2D eigenvalue weighted by molar-refractivity contribution is 5.77. The molecule has 1 saturated carbocycles. The fourth-order valence-electron chi connectivity index (χ4n) is 4.03. The zero-order valence-corrected chi connectivity index (χ0v) is 12.3. The summed E-state index contributed by atoms with van der Waals surface area (Å²) in [6.07, 6.45) is 8.46. The Morgan fingerprint density at radius 2 is 2.00 bits per heavy atom. The van der Waals surface area contributed by atoms with Crippen molar-refractivity contribution >= 4 is 5.97 Å². The van der Waals surface area contributed by atoms with Crippen LogP contribution in [0.25, 0.3) is 0 Å². The van der Waals surface area contributed by atoms with Crippen molar-refractivity contribution in [2.75, 3.05) is 6.54 Å². The molecule has 3 N–H and O–H groups in total. The van der Waals surface area contributed by atoms with Crippen LogP contribution in [0.2, 0.25) is 0 Å². The Bertz CT molecular complexity index is 328. The molecule has 2 rings (SSSR count). The number of hydrogen-bond acceptors (Lipinski definition) is 3. The van der Waals surface area contributed by atoms with Crippen LogP contribution in [0.3, 0.4) is 0 Å². The molecule has 0 spiro atoms. The highest BCUT2D eigenvalue weighted by Gasteiger charge is 2.38. The fourth-order valence-corrected chi connectivity index (χ4v) is 4.03. The summed E-state index contributed by atoms with van der Waals surface area (Å²) in [7, 11) is 0. The number of rotatable bonds is 4. The number of carbonyl (C=O) groups is 1. The molecule has 0 bridgehead atoms. The van der Waals surface area contributed by atoms with Crippen molar-refractivity contribution in [1.29, 1.82) is 0 Å². The van der Waals surface area contributed by atoms with Crippen LogP contribution in [0.15, 0.2) is 0 Å². The predicted octanol–water partition coefficient (Wildman–Crippen LogP) is 2.22. The molecule has 2 fully saturated rings. The summed E-state index contributed by atoms with van der Waals surface area (Å²) in [5.74, 6) is -0.0598. The molecule has 4 atom stereocenters. The SMILES string of the molecule is CC(CC(C)(N)C(=O)O)N1CCCC2CCCCC21. The zero-order chi connectivity index (χ0) is 14.0. The molecule has 0 aromatic rings. The Labute approximate surface area is 116 Å². The van der Waals surface area contributed by atoms with Crippen LogP contribution in [0, 0.1) is 5.92 Å². The second-order valence-corrected chi connectivity index (χ2v) is 6.77. The van der Waals surface area contributed by atoms with Gasteiger partial charge in [-0.2, -0.15) is 0 Å². The van der Waals surface area contributed by atoms with E-state index >= 15 is 0 Å². The Hall–Kier alpha value is -0.610. The van der Waals surface area contributed by atoms with Gasteiger partial charge in [-0.05, 0) is 58.4 Å². The van der Waals surface area contributed by atoms with Crippen molar-refractivity contribution in [3.63, 3.8) is 0 Å². The van der Waals surface area contributed by atoms with Gasteiger partial charge in [-0.15, -0.1) is 0 Å². The Balaban J connectivity index is 2.01. The van der Waals surface area contributed by atoms with E-state index in [0.29, 0.717) is 12.5 Å². The van der Waals surface area contributed by atoms with Crippen LogP contribution in [0.4, 0.5) is 0 Å². The molecule has 2 aliphatic rings. The molecule has 4 heteroatoms. The number of carboxylic acid groups (broad SMARTS) is 1. The van der Waals surface area contributed by atoms with Gasteiger partial charge >= 0.3 is 5.97 Å². The summed E-state index contributed by atoms with van der Waals surface area (Å²) in [5, 5.41) is 9.18. The smallest absolute Gasteiger partial charge is 0.323 e. The van der Waals surface area contributed by atoms with Gasteiger partial charge in [-0.3, -0.25) is 9.69 Å². The van der Waals surface area contributed by atoms with Crippen molar-refractivity contribution in [3.05, 3.63) is 0 Å². The number of nitrogens with two attached hydrogens (primary N) is 1. The Morgan fingerprint density at radius 1 is 1.37 bits per heavy atom. The number of hydrogen-bond donors (Lipinski definition) is 2. The van der Waals surface area contributed by atoms with Crippen molar-refractivity contribution in [2.45, 2.75) is 76.4 Å². The van der Waals surface area contributed by atoms with Gasteiger partial charge in [-0.25, -0.2) is 0 Å². The maximum Gasteiger partial charge on any atom is 0.323 e. The van der Waals surface area contributed by atoms with E-state index in [1.807, 2.05) is 0 Å². The largest absolute Gasteiger partial charge is 0.480 e. The molecule has 0 amide bonds. The predicted molar refractivity (Wildman–Crippen MR) is 76.0 cm³/mol. The lowest BCUT2D eigenvalue weighted by Gasteiger charge is -2.47. The molecule has 1 saturated heterocycles. The van der Waals surface area contributed by atoms with E-state index in [0.717, 1.165) is 12.5 Å². The van der Waals surface area contributed by atoms with E-state index in [1.165, 1.54) is 38.5 Å². The highest BCUT2D eigenvalue weighted by Crippen LogP contribution is 2.37. The lowest BCUT2D eigenvalue weighted by atomic mass is 9.77. The maximum atomic E-state index is 11.2. The van der Waals surface area contributed by atoms with E-state index in [1.54, 1.807) is 6.92 Å². The summed E-state index contributed by atoms with van der Waals surface area (Å²) in [4.78, 5) is 13.7. The first-order valence-corrected chi connectivity index (χ1v) is 7.70. The van der Waals surface area contributed by atoms with E-state index < -0.39 is 11.5 Å². The van der Waals surface area contributed by atoms with Crippen LogP contribution in [-0.4, -0.2) is 40.1 Å². The highest BCUT2D eigenvalue weighted by atomic mass is 16.4. The normalized spacial score (nSPS) is 33.2. The zero-order valence-electron chi connectivity index (χ0n) is 12.3. The van der Waals surface area contributed by atoms with E-state index in [4.69, 9.17) is 5.73 Å². The van der Waals surface area contributed by atoms with Crippen molar-refractivity contribution in [2.24, 2.45) is 11.7 Å². The number of aliphatic carboxylic acids is 1. The van der Waals surface area contributed by atoms with Gasteiger partial charge in [0.15, 0.2) is 0 Å². The average molecular weight is 268 g/mol. The number of carboxylic acids is 1. The minimum Gasteiger partial charge on any atom is -0.480 e. The van der Waals surface area contributed by atoms with Gasteiger partial charge in [0.2, 0.25) is 0 Å². The van der Waals surface area contributed by atoms with Gasteiger partial charge in [0.1, 0.15) is 5.54 Å². The molecular weight excluding hydrogens is 240 g/mol. The van der Waals surface area contributed by atoms with E-state index in [-0.39, 0.29) is 6.04 Å². The van der Waals surface area contributed by atoms with Crippen molar-refractivity contribution < 1.29 is 9.90 Å². The molecule has 0 aromatic carbocycles. The van der Waals surface area contributed by atoms with Crippen LogP contribution >= 0.6 is 0 Å². The quantitative estimate of drug-likeness (QED) is 0.820. The summed E-state index contributed by atoms with van der Waals surface area (Å²) in [6.45, 7) is 4.89. The molecule has 1 aliphatic heterocycles. The first-order chi connectivity index (χ1) is 8.92. The Kier molecular flexibility index (Phi) is 4.51. The second-order valence-electron chi connectivity index (χ2n) is 6.77. The van der Waals surface area contributed by atoms with Crippen LogP contribution in [0.1, 0.15) is 58.8 Å². The molecule has 110 valence electrons. The number of piperidine rings is 1. The monoisotopic (exact) mass is 268 g/mol. The van der Waals surface area contributed by atoms with Crippen LogP contribution < -0.4 is 5.73 Å². The molecular formula is C15H28N2O2. The third-order valence-corrected chi connectivity index (χ3v) is 5.06. The van der Waals surface area contributed by atoms with E-state index in [9.17, 15) is 9.90 Å². The molecule has 0 aromatic heterocycles. The summed E-state index contributed by atoms with van der Waals surface area (Å²) in [6, 6.07) is 0.930. The first kappa shape index (κ1) is 14.8. The van der Waals surface area contributed by atoms with Gasteiger partial charge in [0, 0.05) is 12.1 Å². The summed E-state index contributed by atoms with van der Waals surface area (Å²) < 4.78 is 0. The van der Waals surface area contributed by atoms with Gasteiger partial charge in [-0.1, -0.05) is 12.8 Å². The van der Waals surface area contributed by atoms with Crippen molar-refractivity contribution in [3.8, 4) is 0 Å². The average Bonchev–Trinajstić information content (AvgIpc) is 2.37. The van der Waals surface area contributed by atoms with Gasteiger partial charge < -0.3 is 10.8 Å². The molecule has 0 radical (unpaired) electrons. The fraction of sp³-hybridized carbons (Fsp3) is 0.933. The lowest BCUT2D eigenvalue weighted by Crippen LogP contribution is -2.55. The van der Waals surface area contributed by atoms with Crippen LogP contribution in [0.5, 0.6) is 0 Å². The molecule has 1 heterocycles. The van der Waals surface area contributed by atoms with E-state index in [2.05, 4.69) is 11.8 Å². The van der Waals surface area contributed by atoms with Gasteiger partial charge in [0.25, 0.3) is 0 Å². The third kappa shape index (κ3) is 3.29. The molecule has 4 nitrogen and oxygen atoms in total. The van der Waals surface area contributed by atoms with Crippen LogP contribution in [-0.2, 0) is 4.79 Å². The minimum atomic E-state index is -1.11. The number of fused-ring (bicyclic) bond motifs is 1. The minimum absolute atomic E-state index is 0.261. The number of likely N-dealkylation sites (tertiary alicyclic amines) is 1. The van der Waals surface area contributed by atoms with Gasteiger partial charge in [0.05, 0.1) is 0 Å². The maximum absolute atomic E-state index is 11.2. The first-order valence-electron chi connectivity index (χ1n) is 7.70. The molecule has 19 heavy (non-hydrogen) atoms. The summed E-state index contributed by atoms with van der Waals surface area (Å²) >= 11 is 0. The third-order valence-electron chi connectivity index (χ3n) is 5.06. The molecule has 4 unspecified atom stereocenters. The lowest BCUT2D eigenvalue weighted by molar-refractivity contribution is -0.143. The Morgan fingerprint density at radius 3 is 2.68 bits per heavy atom. The molecule has 1 aliphatic carbocycles. The topological polar surface area (TPSA) is 66.6 Å². The second kappa shape index (κ2) is 5.80.